The molecule has 1 atom stereocenters. The van der Waals surface area contributed by atoms with Crippen LogP contribution in [-0.2, 0) is 0 Å². The summed E-state index contributed by atoms with van der Waals surface area (Å²) in [6.45, 7) is 12.8. The van der Waals surface area contributed by atoms with Crippen molar-refractivity contribution in [2.75, 3.05) is 0 Å². The van der Waals surface area contributed by atoms with Gasteiger partial charge in [0.15, 0.2) is 0 Å². The Morgan fingerprint density at radius 3 is 2.10 bits per heavy atom. The highest BCUT2D eigenvalue weighted by atomic mass is 31.0. The maximum Gasteiger partial charge on any atom is -0.0116 e. The summed E-state index contributed by atoms with van der Waals surface area (Å²) in [6.07, 6.45) is 2.20. The number of rotatable bonds is 3. The Morgan fingerprint density at radius 2 is 1.57 bits per heavy atom. The third kappa shape index (κ3) is 3.01. The molecule has 0 saturated heterocycles. The molecule has 0 heterocycles. The maximum atomic E-state index is 4.12. The molecule has 0 nitrogen and oxygen atoms in total. The van der Waals surface area contributed by atoms with Crippen molar-refractivity contribution in [3.8, 4) is 0 Å². The summed E-state index contributed by atoms with van der Waals surface area (Å²) in [7, 11) is 2.74. The summed E-state index contributed by atoms with van der Waals surface area (Å²) >= 11 is 0. The molecule has 0 fully saturated rings. The van der Waals surface area contributed by atoms with E-state index in [0.29, 0.717) is 0 Å². The Balaban J connectivity index is 2.74. The van der Waals surface area contributed by atoms with Crippen molar-refractivity contribution in [2.24, 2.45) is 0 Å². The van der Waals surface area contributed by atoms with E-state index in [9.17, 15) is 0 Å². The van der Waals surface area contributed by atoms with Crippen LogP contribution in [0.4, 0.5) is 0 Å². The van der Waals surface area contributed by atoms with Crippen molar-refractivity contribution in [3.63, 3.8) is 0 Å². The smallest absolute Gasteiger partial charge is 0.0116 e. The van der Waals surface area contributed by atoms with Gasteiger partial charge in [-0.25, -0.2) is 0 Å². The topological polar surface area (TPSA) is 0 Å². The van der Waals surface area contributed by atoms with Crippen molar-refractivity contribution >= 4 is 20.1 Å². The molecule has 2 rings (SSSR count). The van der Waals surface area contributed by atoms with Gasteiger partial charge < -0.3 is 0 Å². The minimum atomic E-state index is 1.05. The van der Waals surface area contributed by atoms with Crippen LogP contribution in [0.3, 0.4) is 0 Å². The zero-order chi connectivity index (χ0) is 15.6. The minimum Gasteiger partial charge on any atom is -0.106 e. The molecule has 21 heavy (non-hydrogen) atoms. The Hall–Kier alpha value is -1.65. The van der Waals surface area contributed by atoms with E-state index in [-0.39, 0.29) is 0 Å². The molecule has 0 aliphatic heterocycles. The number of allylic oxidation sites excluding steroid dienone is 1. The fourth-order valence-electron chi connectivity index (χ4n) is 3.17. The van der Waals surface area contributed by atoms with Gasteiger partial charge in [-0.05, 0) is 72.0 Å². The molecule has 0 radical (unpaired) electrons. The Kier molecular flexibility index (Phi) is 4.80. The zero-order valence-electron chi connectivity index (χ0n) is 13.3. The summed E-state index contributed by atoms with van der Waals surface area (Å²) in [5, 5.41) is 1.05. The summed E-state index contributed by atoms with van der Waals surface area (Å²) in [5.74, 6) is 0. The molecule has 0 aliphatic carbocycles. The molecule has 0 saturated carbocycles. The van der Waals surface area contributed by atoms with Gasteiger partial charge in [0, 0.05) is 0 Å². The standard InChI is InChI=1S/C20H23P/c1-6-18(17-10-8-7-9-11-17)20-14(3)12-13(2)19(15(20)4)16(5)21/h6-12H,5,21H2,1-4H3/b18-6-. The molecule has 1 heteroatoms. The maximum absolute atomic E-state index is 4.12. The highest BCUT2D eigenvalue weighted by Crippen LogP contribution is 2.36. The van der Waals surface area contributed by atoms with Crippen LogP contribution in [-0.4, -0.2) is 0 Å². The Morgan fingerprint density at radius 1 is 1.00 bits per heavy atom. The first-order valence-electron chi connectivity index (χ1n) is 7.25. The molecule has 0 aliphatic rings. The highest BCUT2D eigenvalue weighted by molar-refractivity contribution is 7.31. The fraction of sp³-hybridized carbons (Fsp3) is 0.200. The van der Waals surface area contributed by atoms with Crippen LogP contribution in [0.15, 0.2) is 49.1 Å². The van der Waals surface area contributed by atoms with Crippen LogP contribution < -0.4 is 0 Å². The van der Waals surface area contributed by atoms with E-state index in [2.05, 4.69) is 86.0 Å². The van der Waals surface area contributed by atoms with Gasteiger partial charge in [0.1, 0.15) is 0 Å². The molecule has 0 bridgehead atoms. The first kappa shape index (κ1) is 15.7. The monoisotopic (exact) mass is 294 g/mol. The van der Waals surface area contributed by atoms with Crippen molar-refractivity contribution in [1.29, 1.82) is 0 Å². The second-order valence-electron chi connectivity index (χ2n) is 5.48. The van der Waals surface area contributed by atoms with Crippen LogP contribution in [0, 0.1) is 20.8 Å². The number of aryl methyl sites for hydroxylation is 2. The molecule has 0 amide bonds. The second-order valence-corrected chi connectivity index (χ2v) is 6.18. The van der Waals surface area contributed by atoms with Crippen molar-refractivity contribution < 1.29 is 0 Å². The lowest BCUT2D eigenvalue weighted by Crippen LogP contribution is -2.01. The average molecular weight is 294 g/mol. The molecule has 0 N–H and O–H groups in total. The number of hydrogen-bond donors (Lipinski definition) is 0. The third-order valence-electron chi connectivity index (χ3n) is 3.94. The Labute approximate surface area is 130 Å². The summed E-state index contributed by atoms with van der Waals surface area (Å²) in [6, 6.07) is 12.8. The van der Waals surface area contributed by atoms with Gasteiger partial charge in [-0.3, -0.25) is 0 Å². The van der Waals surface area contributed by atoms with E-state index in [4.69, 9.17) is 0 Å². The van der Waals surface area contributed by atoms with Gasteiger partial charge in [-0.2, -0.15) is 0 Å². The molecule has 2 aromatic rings. The summed E-state index contributed by atoms with van der Waals surface area (Å²) < 4.78 is 0. The van der Waals surface area contributed by atoms with Crippen LogP contribution in [0.25, 0.3) is 10.9 Å². The normalized spacial score (nSPS) is 11.6. The first-order valence-corrected chi connectivity index (χ1v) is 7.82. The predicted molar refractivity (Wildman–Crippen MR) is 98.6 cm³/mol. The lowest BCUT2D eigenvalue weighted by atomic mass is 9.86. The van der Waals surface area contributed by atoms with Crippen LogP contribution >= 0.6 is 9.24 Å². The average Bonchev–Trinajstić information content (AvgIpc) is 2.43. The van der Waals surface area contributed by atoms with Crippen LogP contribution in [0.1, 0.15) is 40.3 Å². The van der Waals surface area contributed by atoms with Gasteiger partial charge >= 0.3 is 0 Å². The van der Waals surface area contributed by atoms with Gasteiger partial charge in [-0.15, -0.1) is 9.24 Å². The largest absolute Gasteiger partial charge is 0.106 e. The van der Waals surface area contributed by atoms with E-state index in [1.807, 2.05) is 0 Å². The lowest BCUT2D eigenvalue weighted by Gasteiger charge is -2.20. The van der Waals surface area contributed by atoms with E-state index in [1.54, 1.807) is 0 Å². The number of benzene rings is 2. The van der Waals surface area contributed by atoms with E-state index in [1.165, 1.54) is 39.0 Å². The molecule has 2 aromatic carbocycles. The van der Waals surface area contributed by atoms with Gasteiger partial charge in [0.05, 0.1) is 0 Å². The lowest BCUT2D eigenvalue weighted by molar-refractivity contribution is 1.26. The second kappa shape index (κ2) is 6.41. The summed E-state index contributed by atoms with van der Waals surface area (Å²) in [4.78, 5) is 0. The van der Waals surface area contributed by atoms with Crippen molar-refractivity contribution in [1.82, 2.24) is 0 Å². The SMILES string of the molecule is C=C(P)c1c(C)cc(C)c(/C(=C\C)c2ccccc2)c1C. The van der Waals surface area contributed by atoms with Crippen LogP contribution in [0.5, 0.6) is 0 Å². The third-order valence-corrected chi connectivity index (χ3v) is 4.22. The first-order chi connectivity index (χ1) is 9.97. The predicted octanol–water partition coefficient (Wildman–Crippen LogP) is 5.91. The molecule has 0 aromatic heterocycles. The van der Waals surface area contributed by atoms with Gasteiger partial charge in [0.2, 0.25) is 0 Å². The van der Waals surface area contributed by atoms with E-state index < -0.39 is 0 Å². The van der Waals surface area contributed by atoms with Crippen LogP contribution in [0.2, 0.25) is 0 Å². The minimum absolute atomic E-state index is 1.05. The molecule has 108 valence electrons. The molecule has 0 spiro atoms. The van der Waals surface area contributed by atoms with E-state index in [0.717, 1.165) is 5.31 Å². The molecular formula is C20H23P. The van der Waals surface area contributed by atoms with Crippen molar-refractivity contribution in [3.05, 3.63) is 82.4 Å². The van der Waals surface area contributed by atoms with Gasteiger partial charge in [0.25, 0.3) is 0 Å². The van der Waals surface area contributed by atoms with Gasteiger partial charge in [-0.1, -0.05) is 49.1 Å². The highest BCUT2D eigenvalue weighted by Gasteiger charge is 2.15. The Bertz CT molecular complexity index is 706. The molecule has 1 unspecified atom stereocenters. The zero-order valence-corrected chi connectivity index (χ0v) is 14.5. The summed E-state index contributed by atoms with van der Waals surface area (Å²) in [5.41, 5.74) is 9.05. The quantitative estimate of drug-likeness (QED) is 0.617. The number of hydrogen-bond acceptors (Lipinski definition) is 0. The van der Waals surface area contributed by atoms with Crippen molar-refractivity contribution in [2.45, 2.75) is 27.7 Å². The molecular weight excluding hydrogens is 271 g/mol. The fourth-order valence-corrected chi connectivity index (χ4v) is 3.61. The van der Waals surface area contributed by atoms with E-state index >= 15 is 0 Å².